The fourth-order valence-electron chi connectivity index (χ4n) is 3.18. The Labute approximate surface area is 122 Å². The minimum atomic E-state index is -4.22. The van der Waals surface area contributed by atoms with Gasteiger partial charge in [-0.3, -0.25) is 4.79 Å². The van der Waals surface area contributed by atoms with Crippen molar-refractivity contribution in [2.45, 2.75) is 50.9 Å². The number of hydrogen-bond acceptors (Lipinski definition) is 3. The molecule has 1 saturated carbocycles. The summed E-state index contributed by atoms with van der Waals surface area (Å²) in [6.07, 6.45) is -3.71. The van der Waals surface area contributed by atoms with E-state index in [1.165, 1.54) is 0 Å². The molecule has 0 aromatic heterocycles. The Morgan fingerprint density at radius 2 is 2.10 bits per heavy atom. The Morgan fingerprint density at radius 1 is 1.38 bits per heavy atom. The first kappa shape index (κ1) is 16.5. The van der Waals surface area contributed by atoms with Crippen LogP contribution in [0.15, 0.2) is 0 Å². The second kappa shape index (κ2) is 6.52. The molecule has 1 saturated heterocycles. The van der Waals surface area contributed by atoms with Crippen LogP contribution in [0.2, 0.25) is 0 Å². The highest BCUT2D eigenvalue weighted by molar-refractivity contribution is 5.79. The van der Waals surface area contributed by atoms with Gasteiger partial charge < -0.3 is 14.7 Å². The predicted octanol–water partition coefficient (Wildman–Crippen LogP) is 1.96. The Hall–Kier alpha value is -0.820. The van der Waals surface area contributed by atoms with Crippen molar-refractivity contribution >= 4 is 5.91 Å². The first-order valence-corrected chi connectivity index (χ1v) is 7.42. The van der Waals surface area contributed by atoms with Crippen molar-refractivity contribution in [3.8, 4) is 0 Å². The summed E-state index contributed by atoms with van der Waals surface area (Å²) in [7, 11) is 0. The van der Waals surface area contributed by atoms with Gasteiger partial charge in [-0.15, -0.1) is 0 Å². The van der Waals surface area contributed by atoms with Crippen molar-refractivity contribution in [2.24, 2.45) is 11.8 Å². The lowest BCUT2D eigenvalue weighted by atomic mass is 9.80. The van der Waals surface area contributed by atoms with Crippen LogP contribution in [-0.4, -0.2) is 54.0 Å². The molecule has 122 valence electrons. The zero-order valence-corrected chi connectivity index (χ0v) is 12.1. The van der Waals surface area contributed by atoms with Crippen molar-refractivity contribution in [3.63, 3.8) is 0 Å². The molecule has 0 spiro atoms. The fraction of sp³-hybridized carbons (Fsp3) is 0.929. The van der Waals surface area contributed by atoms with Crippen molar-refractivity contribution in [2.75, 3.05) is 19.8 Å². The van der Waals surface area contributed by atoms with E-state index in [1.807, 2.05) is 6.92 Å². The first-order chi connectivity index (χ1) is 9.82. The molecule has 1 aliphatic heterocycles. The molecule has 1 aliphatic carbocycles. The molecule has 2 aliphatic rings. The third-order valence-electron chi connectivity index (χ3n) is 4.48. The van der Waals surface area contributed by atoms with Crippen LogP contribution < -0.4 is 0 Å². The number of aliphatic hydroxyl groups is 1. The van der Waals surface area contributed by atoms with Crippen molar-refractivity contribution < 1.29 is 27.8 Å². The smallest absolute Gasteiger partial charge is 0.391 e. The first-order valence-electron chi connectivity index (χ1n) is 7.42. The molecule has 0 radical (unpaired) electrons. The van der Waals surface area contributed by atoms with Crippen LogP contribution in [0, 0.1) is 11.8 Å². The molecular formula is C14H22F3NO3. The van der Waals surface area contributed by atoms with Crippen LogP contribution in [-0.2, 0) is 9.53 Å². The third-order valence-corrected chi connectivity index (χ3v) is 4.48. The van der Waals surface area contributed by atoms with E-state index in [9.17, 15) is 18.0 Å². The maximum absolute atomic E-state index is 12.8. The number of morpholine rings is 1. The highest BCUT2D eigenvalue weighted by Gasteiger charge is 2.45. The van der Waals surface area contributed by atoms with Gasteiger partial charge in [-0.05, 0) is 26.2 Å². The predicted molar refractivity (Wildman–Crippen MR) is 69.5 cm³/mol. The average molecular weight is 309 g/mol. The van der Waals surface area contributed by atoms with Gasteiger partial charge in [-0.25, -0.2) is 0 Å². The van der Waals surface area contributed by atoms with Crippen molar-refractivity contribution in [1.82, 2.24) is 4.90 Å². The van der Waals surface area contributed by atoms with E-state index in [-0.39, 0.29) is 37.9 Å². The quantitative estimate of drug-likeness (QED) is 0.848. The summed E-state index contributed by atoms with van der Waals surface area (Å²) in [5.41, 5.74) is 0. The van der Waals surface area contributed by atoms with Crippen LogP contribution in [0.3, 0.4) is 0 Å². The second-order valence-corrected chi connectivity index (χ2v) is 6.08. The second-order valence-electron chi connectivity index (χ2n) is 6.08. The summed E-state index contributed by atoms with van der Waals surface area (Å²) in [6, 6.07) is -0.161. The largest absolute Gasteiger partial charge is 0.394 e. The van der Waals surface area contributed by atoms with Crippen LogP contribution in [0.25, 0.3) is 0 Å². The standard InChI is InChI=1S/C14H22F3NO3/c1-9-8-21-12(7-19)6-18(9)13(20)10-3-2-4-11(5-10)14(15,16)17/h9-12,19H,2-8H2,1H3. The number of amides is 1. The van der Waals surface area contributed by atoms with E-state index in [1.54, 1.807) is 4.90 Å². The van der Waals surface area contributed by atoms with Crippen LogP contribution in [0.1, 0.15) is 32.6 Å². The molecule has 4 atom stereocenters. The molecule has 0 aromatic carbocycles. The normalized spacial score (nSPS) is 34.8. The lowest BCUT2D eigenvalue weighted by Crippen LogP contribution is -2.54. The summed E-state index contributed by atoms with van der Waals surface area (Å²) < 4.78 is 43.9. The van der Waals surface area contributed by atoms with Gasteiger partial charge in [0.15, 0.2) is 0 Å². The molecule has 2 fully saturated rings. The molecule has 1 heterocycles. The lowest BCUT2D eigenvalue weighted by molar-refractivity contribution is -0.188. The van der Waals surface area contributed by atoms with Gasteiger partial charge >= 0.3 is 6.18 Å². The maximum Gasteiger partial charge on any atom is 0.391 e. The van der Waals surface area contributed by atoms with Gasteiger partial charge in [0.2, 0.25) is 5.91 Å². The Balaban J connectivity index is 2.01. The summed E-state index contributed by atoms with van der Waals surface area (Å²) in [4.78, 5) is 14.1. The molecule has 2 rings (SSSR count). The van der Waals surface area contributed by atoms with E-state index in [4.69, 9.17) is 9.84 Å². The number of ether oxygens (including phenoxy) is 1. The number of carbonyl (C=O) groups is 1. The van der Waals surface area contributed by atoms with Crippen molar-refractivity contribution in [3.05, 3.63) is 0 Å². The zero-order chi connectivity index (χ0) is 15.6. The molecule has 21 heavy (non-hydrogen) atoms. The zero-order valence-electron chi connectivity index (χ0n) is 12.1. The van der Waals surface area contributed by atoms with Gasteiger partial charge in [-0.2, -0.15) is 13.2 Å². The summed E-state index contributed by atoms with van der Waals surface area (Å²) in [5, 5.41) is 9.12. The molecular weight excluding hydrogens is 287 g/mol. The van der Waals surface area contributed by atoms with Gasteiger partial charge in [-0.1, -0.05) is 6.42 Å². The number of halogens is 3. The van der Waals surface area contributed by atoms with E-state index < -0.39 is 24.1 Å². The minimum Gasteiger partial charge on any atom is -0.394 e. The minimum absolute atomic E-state index is 0.115. The van der Waals surface area contributed by atoms with E-state index in [0.717, 1.165) is 0 Å². The molecule has 7 heteroatoms. The van der Waals surface area contributed by atoms with E-state index in [0.29, 0.717) is 19.4 Å². The highest BCUT2D eigenvalue weighted by Crippen LogP contribution is 2.40. The van der Waals surface area contributed by atoms with Crippen LogP contribution in [0.5, 0.6) is 0 Å². The van der Waals surface area contributed by atoms with E-state index >= 15 is 0 Å². The number of aliphatic hydroxyl groups excluding tert-OH is 1. The number of alkyl halides is 3. The highest BCUT2D eigenvalue weighted by atomic mass is 19.4. The summed E-state index contributed by atoms with van der Waals surface area (Å²) >= 11 is 0. The summed E-state index contributed by atoms with van der Waals surface area (Å²) in [6.45, 7) is 2.19. The van der Waals surface area contributed by atoms with E-state index in [2.05, 4.69) is 0 Å². The SMILES string of the molecule is CC1COC(CO)CN1C(=O)C1CCCC(C(F)(F)F)C1. The number of carbonyl (C=O) groups excluding carboxylic acids is 1. The monoisotopic (exact) mass is 309 g/mol. The Morgan fingerprint density at radius 3 is 2.71 bits per heavy atom. The maximum atomic E-state index is 12.8. The molecule has 4 nitrogen and oxygen atoms in total. The van der Waals surface area contributed by atoms with Gasteiger partial charge in [0.25, 0.3) is 0 Å². The van der Waals surface area contributed by atoms with Crippen LogP contribution in [0.4, 0.5) is 13.2 Å². The number of nitrogens with zero attached hydrogens (tertiary/aromatic N) is 1. The lowest BCUT2D eigenvalue weighted by Gasteiger charge is -2.40. The molecule has 0 bridgehead atoms. The molecule has 4 unspecified atom stereocenters. The Bertz CT molecular complexity index is 375. The Kier molecular flexibility index (Phi) is 5.14. The van der Waals surface area contributed by atoms with Crippen LogP contribution >= 0.6 is 0 Å². The van der Waals surface area contributed by atoms with Gasteiger partial charge in [0.1, 0.15) is 0 Å². The molecule has 0 aromatic rings. The van der Waals surface area contributed by atoms with Gasteiger partial charge in [0, 0.05) is 12.5 Å². The third kappa shape index (κ3) is 3.88. The van der Waals surface area contributed by atoms with Gasteiger partial charge in [0.05, 0.1) is 31.3 Å². The number of rotatable bonds is 2. The topological polar surface area (TPSA) is 49.8 Å². The molecule has 1 amide bonds. The van der Waals surface area contributed by atoms with Crippen molar-refractivity contribution in [1.29, 1.82) is 0 Å². The summed E-state index contributed by atoms with van der Waals surface area (Å²) in [5.74, 6) is -2.16. The fourth-order valence-corrected chi connectivity index (χ4v) is 3.18. The number of hydrogen-bond donors (Lipinski definition) is 1. The molecule has 1 N–H and O–H groups in total. The average Bonchev–Trinajstić information content (AvgIpc) is 2.46.